The maximum absolute atomic E-state index is 15.2. The van der Waals surface area contributed by atoms with Crippen LogP contribution in [0.1, 0.15) is 54.9 Å². The highest BCUT2D eigenvalue weighted by Crippen LogP contribution is 2.34. The predicted molar refractivity (Wildman–Crippen MR) is 136 cm³/mol. The molecule has 0 N–H and O–H groups in total. The van der Waals surface area contributed by atoms with Crippen molar-refractivity contribution in [2.75, 3.05) is 0 Å². The molecule has 4 rings (SSSR count). The van der Waals surface area contributed by atoms with Crippen LogP contribution in [0.2, 0.25) is 0 Å². The predicted octanol–water partition coefficient (Wildman–Crippen LogP) is 9.99. The Labute approximate surface area is 217 Å². The Bertz CT molecular complexity index is 1410. The van der Waals surface area contributed by atoms with Crippen LogP contribution in [0.15, 0.2) is 60.7 Å². The molecular formula is C31H27F7. The highest BCUT2D eigenvalue weighted by molar-refractivity contribution is 5.88. The summed E-state index contributed by atoms with van der Waals surface area (Å²) in [5.74, 6) is -4.28. The first-order valence-electron chi connectivity index (χ1n) is 12.6. The van der Waals surface area contributed by atoms with E-state index in [1.165, 1.54) is 6.07 Å². The highest BCUT2D eigenvalue weighted by atomic mass is 19.4. The molecule has 0 fully saturated rings. The second kappa shape index (κ2) is 11.6. The van der Waals surface area contributed by atoms with E-state index >= 15 is 4.39 Å². The van der Waals surface area contributed by atoms with Crippen molar-refractivity contribution in [1.29, 1.82) is 0 Å². The van der Waals surface area contributed by atoms with E-state index in [9.17, 15) is 26.3 Å². The topological polar surface area (TPSA) is 0 Å². The first-order valence-corrected chi connectivity index (χ1v) is 12.6. The number of rotatable bonds is 9. The van der Waals surface area contributed by atoms with Crippen molar-refractivity contribution in [3.8, 4) is 11.1 Å². The Morgan fingerprint density at radius 2 is 1.34 bits per heavy atom. The lowest BCUT2D eigenvalue weighted by Crippen LogP contribution is -2.12. The number of fused-ring (bicyclic) bond motifs is 1. The molecule has 0 radical (unpaired) electrons. The van der Waals surface area contributed by atoms with E-state index in [4.69, 9.17) is 0 Å². The smallest absolute Gasteiger partial charge is 0.206 e. The molecule has 38 heavy (non-hydrogen) atoms. The summed E-state index contributed by atoms with van der Waals surface area (Å²) in [6, 6.07) is 14.5. The van der Waals surface area contributed by atoms with Gasteiger partial charge < -0.3 is 0 Å². The number of hydrogen-bond acceptors (Lipinski definition) is 0. The molecule has 4 aromatic carbocycles. The van der Waals surface area contributed by atoms with Gasteiger partial charge in [0.15, 0.2) is 0 Å². The van der Waals surface area contributed by atoms with Gasteiger partial charge in [0.25, 0.3) is 0 Å². The standard InChI is InChI=1S/C31H27F7/c1-2-3-4-5-6-19-8-13-24(26(32)15-19)22-12-14-25-23(18-22)11-10-21(30(25)35)9-7-20-16-27(33)29(28(34)17-20)31(36,37)38/h8,10-18H,2-7,9H2,1H3. The van der Waals surface area contributed by atoms with Gasteiger partial charge in [0.1, 0.15) is 28.8 Å². The molecule has 0 aliphatic heterocycles. The quantitative estimate of drug-likeness (QED) is 0.149. The molecule has 7 heteroatoms. The Morgan fingerprint density at radius 1 is 0.632 bits per heavy atom. The number of alkyl halides is 3. The third kappa shape index (κ3) is 6.20. The zero-order valence-electron chi connectivity index (χ0n) is 20.9. The van der Waals surface area contributed by atoms with Crippen LogP contribution in [0, 0.1) is 23.3 Å². The van der Waals surface area contributed by atoms with Crippen LogP contribution in [0.5, 0.6) is 0 Å². The third-order valence-corrected chi connectivity index (χ3v) is 6.77. The molecule has 0 nitrogen and oxygen atoms in total. The van der Waals surface area contributed by atoms with Gasteiger partial charge in [-0.3, -0.25) is 0 Å². The van der Waals surface area contributed by atoms with Gasteiger partial charge in [0.05, 0.1) is 0 Å². The normalized spacial score (nSPS) is 11.9. The zero-order valence-corrected chi connectivity index (χ0v) is 20.9. The van der Waals surface area contributed by atoms with Gasteiger partial charge in [0.2, 0.25) is 0 Å². The molecule has 0 saturated heterocycles. The van der Waals surface area contributed by atoms with Crippen LogP contribution in [-0.4, -0.2) is 0 Å². The summed E-state index contributed by atoms with van der Waals surface area (Å²) < 4.78 is 96.2. The second-order valence-corrected chi connectivity index (χ2v) is 9.53. The molecule has 0 aliphatic rings. The van der Waals surface area contributed by atoms with Crippen molar-refractivity contribution in [2.24, 2.45) is 0 Å². The second-order valence-electron chi connectivity index (χ2n) is 9.53. The first-order chi connectivity index (χ1) is 18.1. The monoisotopic (exact) mass is 532 g/mol. The molecule has 0 bridgehead atoms. The van der Waals surface area contributed by atoms with E-state index in [1.54, 1.807) is 36.4 Å². The van der Waals surface area contributed by atoms with Gasteiger partial charge in [-0.25, -0.2) is 17.6 Å². The van der Waals surface area contributed by atoms with Crippen LogP contribution < -0.4 is 0 Å². The average molecular weight is 533 g/mol. The van der Waals surface area contributed by atoms with Crippen molar-refractivity contribution < 1.29 is 30.7 Å². The van der Waals surface area contributed by atoms with Gasteiger partial charge in [-0.15, -0.1) is 0 Å². The van der Waals surface area contributed by atoms with Crippen LogP contribution >= 0.6 is 0 Å². The van der Waals surface area contributed by atoms with Crippen molar-refractivity contribution >= 4 is 10.8 Å². The molecule has 0 spiro atoms. The molecule has 0 aromatic heterocycles. The fourth-order valence-electron chi connectivity index (χ4n) is 4.72. The minimum Gasteiger partial charge on any atom is -0.206 e. The van der Waals surface area contributed by atoms with Crippen molar-refractivity contribution in [3.63, 3.8) is 0 Å². The molecule has 0 aliphatic carbocycles. The highest BCUT2D eigenvalue weighted by Gasteiger charge is 2.37. The maximum Gasteiger partial charge on any atom is 0.422 e. The number of unbranched alkanes of at least 4 members (excludes halogenated alkanes) is 3. The van der Waals surface area contributed by atoms with Crippen LogP contribution in [0.3, 0.4) is 0 Å². The third-order valence-electron chi connectivity index (χ3n) is 6.77. The minimum absolute atomic E-state index is 0.00729. The molecule has 0 heterocycles. The fourth-order valence-corrected chi connectivity index (χ4v) is 4.72. The summed E-state index contributed by atoms with van der Waals surface area (Å²) in [6.07, 6.45) is 0.0518. The Kier molecular flexibility index (Phi) is 8.44. The van der Waals surface area contributed by atoms with Gasteiger partial charge in [0, 0.05) is 10.9 Å². The maximum atomic E-state index is 15.2. The molecular weight excluding hydrogens is 505 g/mol. The van der Waals surface area contributed by atoms with E-state index in [1.807, 2.05) is 6.07 Å². The summed E-state index contributed by atoms with van der Waals surface area (Å²) in [5, 5.41) is 0.849. The average Bonchev–Trinajstić information content (AvgIpc) is 2.85. The zero-order chi connectivity index (χ0) is 27.4. The number of hydrogen-bond donors (Lipinski definition) is 0. The van der Waals surface area contributed by atoms with E-state index in [0.29, 0.717) is 34.0 Å². The summed E-state index contributed by atoms with van der Waals surface area (Å²) in [7, 11) is 0. The van der Waals surface area contributed by atoms with Crippen molar-refractivity contribution in [2.45, 2.75) is 58.0 Å². The summed E-state index contributed by atoms with van der Waals surface area (Å²) in [6.45, 7) is 2.14. The van der Waals surface area contributed by atoms with Crippen LogP contribution in [0.25, 0.3) is 21.9 Å². The summed E-state index contributed by atoms with van der Waals surface area (Å²) in [4.78, 5) is 0. The Hall–Kier alpha value is -3.35. The Morgan fingerprint density at radius 3 is 2.00 bits per heavy atom. The minimum atomic E-state index is -5.14. The molecule has 0 atom stereocenters. The van der Waals surface area contributed by atoms with Gasteiger partial charge >= 0.3 is 6.18 Å². The van der Waals surface area contributed by atoms with Crippen molar-refractivity contribution in [1.82, 2.24) is 0 Å². The summed E-state index contributed by atoms with van der Waals surface area (Å²) in [5.41, 5.74) is 0.269. The van der Waals surface area contributed by atoms with Crippen molar-refractivity contribution in [3.05, 3.63) is 106 Å². The van der Waals surface area contributed by atoms with Gasteiger partial charge in [-0.1, -0.05) is 62.6 Å². The van der Waals surface area contributed by atoms with Gasteiger partial charge in [-0.05, 0) is 77.6 Å². The van der Waals surface area contributed by atoms with Crippen LogP contribution in [0.4, 0.5) is 30.7 Å². The van der Waals surface area contributed by atoms with E-state index in [-0.39, 0.29) is 29.8 Å². The molecule has 4 aromatic rings. The molecule has 0 saturated carbocycles. The number of benzene rings is 4. The van der Waals surface area contributed by atoms with E-state index in [0.717, 1.165) is 37.7 Å². The fraction of sp³-hybridized carbons (Fsp3) is 0.290. The lowest BCUT2D eigenvalue weighted by Gasteiger charge is -2.12. The molecule has 0 unspecified atom stereocenters. The van der Waals surface area contributed by atoms with Gasteiger partial charge in [-0.2, -0.15) is 13.2 Å². The number of aryl methyl sites for hydroxylation is 3. The van der Waals surface area contributed by atoms with Crippen LogP contribution in [-0.2, 0) is 25.4 Å². The molecule has 0 amide bonds. The summed E-state index contributed by atoms with van der Waals surface area (Å²) >= 11 is 0. The number of halogens is 7. The molecule has 200 valence electrons. The largest absolute Gasteiger partial charge is 0.422 e. The SMILES string of the molecule is CCCCCCc1ccc(-c2ccc3c(F)c(CCc4cc(F)c(C(F)(F)F)c(F)c4)ccc3c2)c(F)c1. The lowest BCUT2D eigenvalue weighted by molar-refractivity contribution is -0.142. The van der Waals surface area contributed by atoms with E-state index < -0.39 is 29.2 Å². The van der Waals surface area contributed by atoms with E-state index in [2.05, 4.69) is 6.92 Å². The lowest BCUT2D eigenvalue weighted by atomic mass is 9.96. The first kappa shape index (κ1) is 27.7. The Balaban J connectivity index is 1.51.